The van der Waals surface area contributed by atoms with Gasteiger partial charge in [-0.25, -0.2) is 4.79 Å². The van der Waals surface area contributed by atoms with Crippen molar-refractivity contribution >= 4 is 23.3 Å². The molecule has 12 heteroatoms. The zero-order chi connectivity index (χ0) is 32.5. The van der Waals surface area contributed by atoms with Gasteiger partial charge in [0, 0.05) is 18.4 Å². The smallest absolute Gasteiger partial charge is 0.316 e. The van der Waals surface area contributed by atoms with E-state index in [4.69, 9.17) is 0 Å². The standard InChI is InChI=1S/C33H30F6N4O2/c1-3-4-15-41(31(45)40-25-18-23(32(34,35)36)17-24(19-25)33(37,38)39)20-29(44)43-27-9-6-5-8-26(27)42-16-7-10-28(42)30(43)22-13-11-21(2)12-14-22/h5-14,16-19,30H,3-4,15,20H2,1-2H3,(H,40,45). The Morgan fingerprint density at radius 1 is 0.844 bits per heavy atom. The Hall–Kier alpha value is -4.74. The predicted octanol–water partition coefficient (Wildman–Crippen LogP) is 8.59. The number of rotatable bonds is 7. The van der Waals surface area contributed by atoms with Gasteiger partial charge in [-0.3, -0.25) is 9.69 Å². The molecule has 1 aliphatic heterocycles. The highest BCUT2D eigenvalue weighted by Gasteiger charge is 2.39. The highest BCUT2D eigenvalue weighted by molar-refractivity contribution is 6.01. The monoisotopic (exact) mass is 628 g/mol. The quantitative estimate of drug-likeness (QED) is 0.209. The van der Waals surface area contributed by atoms with Crippen LogP contribution in [0.15, 0.2) is 85.1 Å². The van der Waals surface area contributed by atoms with Crippen LogP contribution in [0.2, 0.25) is 0 Å². The molecule has 1 N–H and O–H groups in total. The molecule has 0 fully saturated rings. The minimum absolute atomic E-state index is 0.0110. The van der Waals surface area contributed by atoms with E-state index < -0.39 is 53.7 Å². The van der Waals surface area contributed by atoms with Gasteiger partial charge >= 0.3 is 18.4 Å². The van der Waals surface area contributed by atoms with Crippen LogP contribution in [0.1, 0.15) is 53.8 Å². The number of urea groups is 1. The molecule has 0 saturated heterocycles. The van der Waals surface area contributed by atoms with Crippen molar-refractivity contribution < 1.29 is 35.9 Å². The third-order valence-electron chi connectivity index (χ3n) is 7.62. The lowest BCUT2D eigenvalue weighted by Gasteiger charge is -2.39. The van der Waals surface area contributed by atoms with Crippen molar-refractivity contribution in [3.63, 3.8) is 0 Å². The Bertz CT molecular complexity index is 1660. The molecule has 45 heavy (non-hydrogen) atoms. The lowest BCUT2D eigenvalue weighted by atomic mass is 9.97. The summed E-state index contributed by atoms with van der Waals surface area (Å²) in [4.78, 5) is 30.4. The second kappa shape index (κ2) is 12.3. The van der Waals surface area contributed by atoms with E-state index in [1.807, 2.05) is 73.1 Å². The van der Waals surface area contributed by atoms with E-state index in [-0.39, 0.29) is 12.6 Å². The number of carbonyl (C=O) groups is 2. The van der Waals surface area contributed by atoms with Gasteiger partial charge in [0.25, 0.3) is 0 Å². The fraction of sp³-hybridized carbons (Fsp3) is 0.273. The van der Waals surface area contributed by atoms with Crippen LogP contribution in [0.4, 0.5) is 42.5 Å². The van der Waals surface area contributed by atoms with Crippen molar-refractivity contribution in [1.82, 2.24) is 9.47 Å². The Labute approximate surface area is 255 Å². The topological polar surface area (TPSA) is 57.6 Å². The highest BCUT2D eigenvalue weighted by Crippen LogP contribution is 2.42. The van der Waals surface area contributed by atoms with Crippen molar-refractivity contribution in [2.45, 2.75) is 45.1 Å². The molecule has 0 bridgehead atoms. The summed E-state index contributed by atoms with van der Waals surface area (Å²) in [5.41, 5.74) is 0.164. The second-order valence-electron chi connectivity index (χ2n) is 10.9. The van der Waals surface area contributed by atoms with Gasteiger partial charge in [-0.05, 0) is 61.4 Å². The molecule has 2 heterocycles. The van der Waals surface area contributed by atoms with Gasteiger partial charge in [0.2, 0.25) is 5.91 Å². The molecule has 1 aromatic heterocycles. The van der Waals surface area contributed by atoms with Crippen LogP contribution in [0.5, 0.6) is 0 Å². The van der Waals surface area contributed by atoms with E-state index in [1.165, 1.54) is 0 Å². The molecule has 3 amide bonds. The first-order chi connectivity index (χ1) is 21.3. The molecular formula is C33H30F6N4O2. The number of aromatic nitrogens is 1. The second-order valence-corrected chi connectivity index (χ2v) is 10.9. The van der Waals surface area contributed by atoms with Crippen LogP contribution in [0, 0.1) is 6.92 Å². The number of amides is 3. The van der Waals surface area contributed by atoms with Gasteiger partial charge in [0.05, 0.1) is 28.2 Å². The number of hydrogen-bond acceptors (Lipinski definition) is 2. The van der Waals surface area contributed by atoms with Crippen molar-refractivity contribution in [3.05, 3.63) is 113 Å². The number of alkyl halides is 6. The van der Waals surface area contributed by atoms with E-state index in [0.717, 1.165) is 27.4 Å². The molecule has 0 spiro atoms. The molecule has 5 rings (SSSR count). The summed E-state index contributed by atoms with van der Waals surface area (Å²) in [5, 5.41) is 2.18. The fourth-order valence-electron chi connectivity index (χ4n) is 5.40. The molecule has 0 radical (unpaired) electrons. The average molecular weight is 629 g/mol. The summed E-state index contributed by atoms with van der Waals surface area (Å²) in [7, 11) is 0. The summed E-state index contributed by atoms with van der Waals surface area (Å²) >= 11 is 0. The number of unbranched alkanes of at least 4 members (excludes halogenated alkanes) is 1. The minimum Gasteiger partial charge on any atom is -0.316 e. The van der Waals surface area contributed by atoms with Crippen molar-refractivity contribution in [1.29, 1.82) is 0 Å². The third kappa shape index (κ3) is 6.69. The summed E-state index contributed by atoms with van der Waals surface area (Å²) in [6, 6.07) is 18.0. The molecule has 3 aromatic carbocycles. The number of nitrogens with zero attached hydrogens (tertiary/aromatic N) is 3. The van der Waals surface area contributed by atoms with Gasteiger partial charge in [-0.15, -0.1) is 0 Å². The number of fused-ring (bicyclic) bond motifs is 3. The van der Waals surface area contributed by atoms with Crippen LogP contribution in [-0.2, 0) is 17.1 Å². The van der Waals surface area contributed by atoms with E-state index >= 15 is 0 Å². The van der Waals surface area contributed by atoms with Crippen LogP contribution in [0.25, 0.3) is 5.69 Å². The van der Waals surface area contributed by atoms with Crippen LogP contribution < -0.4 is 10.2 Å². The maximum Gasteiger partial charge on any atom is 0.416 e. The normalized spacial score (nSPS) is 14.5. The maximum atomic E-state index is 14.2. The summed E-state index contributed by atoms with van der Waals surface area (Å²) < 4.78 is 82.6. The lowest BCUT2D eigenvalue weighted by molar-refractivity contribution is -0.143. The van der Waals surface area contributed by atoms with E-state index in [0.29, 0.717) is 30.7 Å². The van der Waals surface area contributed by atoms with Gasteiger partial charge in [-0.2, -0.15) is 26.3 Å². The number of nitrogens with one attached hydrogen (secondary N) is 1. The van der Waals surface area contributed by atoms with Crippen molar-refractivity contribution in [3.8, 4) is 5.69 Å². The summed E-state index contributed by atoms with van der Waals surface area (Å²) in [6.45, 7) is 3.36. The Morgan fingerprint density at radius 3 is 2.07 bits per heavy atom. The Morgan fingerprint density at radius 2 is 1.47 bits per heavy atom. The van der Waals surface area contributed by atoms with Gasteiger partial charge < -0.3 is 14.8 Å². The van der Waals surface area contributed by atoms with Crippen LogP contribution in [0.3, 0.4) is 0 Å². The number of benzene rings is 3. The van der Waals surface area contributed by atoms with Crippen LogP contribution >= 0.6 is 0 Å². The number of carbonyl (C=O) groups excluding carboxylic acids is 2. The van der Waals surface area contributed by atoms with Gasteiger partial charge in [0.15, 0.2) is 0 Å². The average Bonchev–Trinajstić information content (AvgIpc) is 3.48. The number of hydrogen-bond donors (Lipinski definition) is 1. The maximum absolute atomic E-state index is 14.2. The fourth-order valence-corrected chi connectivity index (χ4v) is 5.40. The number of para-hydroxylation sites is 2. The highest BCUT2D eigenvalue weighted by atomic mass is 19.4. The van der Waals surface area contributed by atoms with Gasteiger partial charge in [0.1, 0.15) is 12.6 Å². The van der Waals surface area contributed by atoms with E-state index in [1.54, 1.807) is 17.0 Å². The van der Waals surface area contributed by atoms with E-state index in [2.05, 4.69) is 5.32 Å². The number of anilines is 2. The predicted molar refractivity (Wildman–Crippen MR) is 158 cm³/mol. The van der Waals surface area contributed by atoms with Crippen molar-refractivity contribution in [2.75, 3.05) is 23.3 Å². The first kappa shape index (κ1) is 31.7. The van der Waals surface area contributed by atoms with Crippen LogP contribution in [-0.4, -0.2) is 34.5 Å². The molecule has 6 nitrogen and oxygen atoms in total. The minimum atomic E-state index is -5.08. The molecule has 1 unspecified atom stereocenters. The molecule has 0 aliphatic carbocycles. The zero-order valence-corrected chi connectivity index (χ0v) is 24.4. The first-order valence-electron chi connectivity index (χ1n) is 14.3. The first-order valence-corrected chi connectivity index (χ1v) is 14.3. The summed E-state index contributed by atoms with van der Waals surface area (Å²) in [5.74, 6) is -0.480. The SMILES string of the molecule is CCCCN(CC(=O)N1c2ccccc2-n2cccc2C1c1ccc(C)cc1)C(=O)Nc1cc(C(F)(F)F)cc(C(F)(F)F)c1. The molecule has 236 valence electrons. The number of aryl methyl sites for hydroxylation is 1. The Kier molecular flexibility index (Phi) is 8.68. The molecule has 1 atom stereocenters. The molecule has 4 aromatic rings. The lowest BCUT2D eigenvalue weighted by Crippen LogP contribution is -2.48. The largest absolute Gasteiger partial charge is 0.416 e. The number of halogens is 6. The molecule has 0 saturated carbocycles. The summed E-state index contributed by atoms with van der Waals surface area (Å²) in [6.07, 6.45) is -7.21. The Balaban J connectivity index is 1.50. The van der Waals surface area contributed by atoms with Crippen molar-refractivity contribution in [2.24, 2.45) is 0 Å². The molecular weight excluding hydrogens is 598 g/mol. The van der Waals surface area contributed by atoms with E-state index in [9.17, 15) is 35.9 Å². The third-order valence-corrected chi connectivity index (χ3v) is 7.62. The van der Waals surface area contributed by atoms with Gasteiger partial charge in [-0.1, -0.05) is 55.3 Å². The zero-order valence-electron chi connectivity index (χ0n) is 24.4. The molecule has 1 aliphatic rings.